The van der Waals surface area contributed by atoms with E-state index in [0.29, 0.717) is 6.07 Å². The number of benzene rings is 2. The average molecular weight is 283 g/mol. The molecule has 0 saturated carbocycles. The van der Waals surface area contributed by atoms with Gasteiger partial charge in [0.25, 0.3) is 5.69 Å². The zero-order valence-corrected chi connectivity index (χ0v) is 9.98. The van der Waals surface area contributed by atoms with Gasteiger partial charge in [-0.1, -0.05) is 0 Å². The van der Waals surface area contributed by atoms with Crippen molar-refractivity contribution in [1.29, 1.82) is 0 Å². The summed E-state index contributed by atoms with van der Waals surface area (Å²) in [5.74, 6) is -2.56. The Balaban J connectivity index is 2.15. The van der Waals surface area contributed by atoms with Gasteiger partial charge in [-0.05, 0) is 24.3 Å². The molecular weight excluding hydrogens is 275 g/mol. The van der Waals surface area contributed by atoms with Crippen molar-refractivity contribution in [3.63, 3.8) is 0 Å². The van der Waals surface area contributed by atoms with Crippen LogP contribution in [0, 0.1) is 27.6 Å². The van der Waals surface area contributed by atoms with Crippen molar-refractivity contribution in [3.8, 4) is 5.75 Å². The summed E-state index contributed by atoms with van der Waals surface area (Å²) in [6.45, 7) is -0.391. The van der Waals surface area contributed by atoms with Gasteiger partial charge in [-0.3, -0.25) is 10.1 Å². The van der Waals surface area contributed by atoms with Crippen LogP contribution in [0.1, 0.15) is 5.56 Å². The third kappa shape index (κ3) is 3.05. The van der Waals surface area contributed by atoms with Gasteiger partial charge in [0.05, 0.1) is 11.0 Å². The van der Waals surface area contributed by atoms with Crippen LogP contribution in [0.25, 0.3) is 0 Å². The number of hydrogen-bond acceptors (Lipinski definition) is 3. The first-order valence-electron chi connectivity index (χ1n) is 5.48. The Morgan fingerprint density at radius 2 is 1.80 bits per heavy atom. The molecule has 4 nitrogen and oxygen atoms in total. The first-order valence-corrected chi connectivity index (χ1v) is 5.48. The van der Waals surface area contributed by atoms with Crippen molar-refractivity contribution in [2.24, 2.45) is 0 Å². The van der Waals surface area contributed by atoms with Gasteiger partial charge in [0, 0.05) is 11.6 Å². The number of hydrogen-bond donors (Lipinski definition) is 0. The molecule has 0 aliphatic rings. The quantitative estimate of drug-likeness (QED) is 0.636. The lowest BCUT2D eigenvalue weighted by atomic mass is 10.2. The summed E-state index contributed by atoms with van der Waals surface area (Å²) in [6.07, 6.45) is 0. The Labute approximate surface area is 111 Å². The average Bonchev–Trinajstić information content (AvgIpc) is 2.40. The van der Waals surface area contributed by atoms with Crippen LogP contribution in [0.15, 0.2) is 36.4 Å². The minimum Gasteiger partial charge on any atom is -0.486 e. The molecule has 0 saturated heterocycles. The molecule has 0 spiro atoms. The molecule has 0 N–H and O–H groups in total. The van der Waals surface area contributed by atoms with Gasteiger partial charge >= 0.3 is 0 Å². The largest absolute Gasteiger partial charge is 0.486 e. The summed E-state index contributed by atoms with van der Waals surface area (Å²) in [5, 5.41) is 10.4. The second-order valence-corrected chi connectivity index (χ2v) is 3.90. The molecule has 0 atom stereocenters. The monoisotopic (exact) mass is 283 g/mol. The fourth-order valence-electron chi connectivity index (χ4n) is 1.53. The third-order valence-corrected chi connectivity index (χ3v) is 2.52. The van der Waals surface area contributed by atoms with Crippen LogP contribution in [0.4, 0.5) is 18.9 Å². The molecule has 2 aromatic carbocycles. The van der Waals surface area contributed by atoms with E-state index in [-0.39, 0.29) is 11.3 Å². The van der Waals surface area contributed by atoms with Crippen molar-refractivity contribution < 1.29 is 22.8 Å². The minimum absolute atomic E-state index is 0.0808. The van der Waals surface area contributed by atoms with Gasteiger partial charge in [0.1, 0.15) is 18.2 Å². The summed E-state index contributed by atoms with van der Waals surface area (Å²) in [6, 6.07) is 5.62. The Morgan fingerprint density at radius 1 is 1.05 bits per heavy atom. The topological polar surface area (TPSA) is 52.4 Å². The number of rotatable bonds is 4. The number of nitro groups is 1. The van der Waals surface area contributed by atoms with Crippen molar-refractivity contribution >= 4 is 5.69 Å². The Bertz CT molecular complexity index is 661. The summed E-state index contributed by atoms with van der Waals surface area (Å²) < 4.78 is 44.7. The molecule has 2 aromatic rings. The standard InChI is InChI=1S/C13H8F3NO3/c14-9-1-3-11(15)8(5-9)7-20-13-4-2-10(17(18)19)6-12(13)16/h1-6H,7H2. The predicted molar refractivity (Wildman–Crippen MR) is 63.7 cm³/mol. The van der Waals surface area contributed by atoms with E-state index in [1.807, 2.05) is 0 Å². The normalized spacial score (nSPS) is 10.3. The number of ether oxygens (including phenoxy) is 1. The maximum atomic E-state index is 13.5. The molecule has 0 fully saturated rings. The van der Waals surface area contributed by atoms with Crippen LogP contribution in [0.2, 0.25) is 0 Å². The fourth-order valence-corrected chi connectivity index (χ4v) is 1.53. The molecule has 0 unspecified atom stereocenters. The van der Waals surface area contributed by atoms with Crippen molar-refractivity contribution in [2.75, 3.05) is 0 Å². The third-order valence-electron chi connectivity index (χ3n) is 2.52. The van der Waals surface area contributed by atoms with E-state index in [9.17, 15) is 23.3 Å². The minimum atomic E-state index is -0.948. The van der Waals surface area contributed by atoms with Gasteiger partial charge in [-0.15, -0.1) is 0 Å². The number of halogens is 3. The SMILES string of the molecule is O=[N+]([O-])c1ccc(OCc2cc(F)ccc2F)c(F)c1. The molecule has 0 aromatic heterocycles. The van der Waals surface area contributed by atoms with E-state index >= 15 is 0 Å². The second kappa shape index (κ2) is 5.60. The number of non-ortho nitro benzene ring substituents is 1. The van der Waals surface area contributed by atoms with E-state index < -0.39 is 34.7 Å². The molecule has 2 rings (SSSR count). The van der Waals surface area contributed by atoms with Crippen LogP contribution < -0.4 is 4.74 Å². The lowest BCUT2D eigenvalue weighted by Gasteiger charge is -2.08. The summed E-state index contributed by atoms with van der Waals surface area (Å²) in [4.78, 5) is 9.68. The van der Waals surface area contributed by atoms with E-state index in [0.717, 1.165) is 30.3 Å². The molecule has 0 aliphatic heterocycles. The van der Waals surface area contributed by atoms with Gasteiger partial charge in [-0.25, -0.2) is 13.2 Å². The zero-order valence-electron chi connectivity index (χ0n) is 9.98. The fraction of sp³-hybridized carbons (Fsp3) is 0.0769. The maximum Gasteiger partial charge on any atom is 0.272 e. The van der Waals surface area contributed by atoms with E-state index in [1.165, 1.54) is 0 Å². The Hall–Kier alpha value is -2.57. The molecule has 0 aliphatic carbocycles. The summed E-state index contributed by atoms with van der Waals surface area (Å²) in [5.41, 5.74) is -0.505. The van der Waals surface area contributed by atoms with Crippen LogP contribution in [0.5, 0.6) is 5.75 Å². The van der Waals surface area contributed by atoms with Crippen LogP contribution in [-0.2, 0) is 6.61 Å². The smallest absolute Gasteiger partial charge is 0.272 e. The van der Waals surface area contributed by atoms with Crippen molar-refractivity contribution in [2.45, 2.75) is 6.61 Å². The van der Waals surface area contributed by atoms with Gasteiger partial charge in [0.2, 0.25) is 0 Å². The Morgan fingerprint density at radius 3 is 2.45 bits per heavy atom. The highest BCUT2D eigenvalue weighted by Crippen LogP contribution is 2.23. The van der Waals surface area contributed by atoms with Gasteiger partial charge in [0.15, 0.2) is 11.6 Å². The molecule has 7 heteroatoms. The lowest BCUT2D eigenvalue weighted by molar-refractivity contribution is -0.385. The molecule has 0 amide bonds. The van der Waals surface area contributed by atoms with E-state index in [1.54, 1.807) is 0 Å². The van der Waals surface area contributed by atoms with Crippen molar-refractivity contribution in [1.82, 2.24) is 0 Å². The lowest BCUT2D eigenvalue weighted by Crippen LogP contribution is -2.01. The van der Waals surface area contributed by atoms with E-state index in [2.05, 4.69) is 0 Å². The van der Waals surface area contributed by atoms with E-state index in [4.69, 9.17) is 4.74 Å². The summed E-state index contributed by atoms with van der Waals surface area (Å²) >= 11 is 0. The van der Waals surface area contributed by atoms with Gasteiger partial charge in [-0.2, -0.15) is 0 Å². The highest BCUT2D eigenvalue weighted by Gasteiger charge is 2.12. The highest BCUT2D eigenvalue weighted by atomic mass is 19.1. The number of nitro benzene ring substituents is 1. The molecular formula is C13H8F3NO3. The predicted octanol–water partition coefficient (Wildman–Crippen LogP) is 3.59. The van der Waals surface area contributed by atoms with Crippen LogP contribution >= 0.6 is 0 Å². The second-order valence-electron chi connectivity index (χ2n) is 3.90. The van der Waals surface area contributed by atoms with Crippen LogP contribution in [-0.4, -0.2) is 4.92 Å². The van der Waals surface area contributed by atoms with Crippen molar-refractivity contribution in [3.05, 3.63) is 69.5 Å². The molecule has 20 heavy (non-hydrogen) atoms. The molecule has 104 valence electrons. The molecule has 0 bridgehead atoms. The first kappa shape index (κ1) is 13.9. The Kier molecular flexibility index (Phi) is 3.88. The van der Waals surface area contributed by atoms with Gasteiger partial charge < -0.3 is 4.74 Å². The van der Waals surface area contributed by atoms with Crippen LogP contribution in [0.3, 0.4) is 0 Å². The molecule has 0 heterocycles. The highest BCUT2D eigenvalue weighted by molar-refractivity contribution is 5.37. The zero-order chi connectivity index (χ0) is 14.7. The number of nitrogens with zero attached hydrogens (tertiary/aromatic N) is 1. The molecule has 0 radical (unpaired) electrons. The summed E-state index contributed by atoms with van der Waals surface area (Å²) in [7, 11) is 0. The maximum absolute atomic E-state index is 13.5. The first-order chi connectivity index (χ1) is 9.47.